The molecule has 150 valence electrons. The zero-order valence-corrected chi connectivity index (χ0v) is 18.1. The van der Waals surface area contributed by atoms with Gasteiger partial charge in [0.05, 0.1) is 5.56 Å². The summed E-state index contributed by atoms with van der Waals surface area (Å²) in [4.78, 5) is 16.6. The first-order valence-corrected chi connectivity index (χ1v) is 11.6. The number of aromatic nitrogens is 1. The van der Waals surface area contributed by atoms with Crippen molar-refractivity contribution in [3.63, 3.8) is 0 Å². The molecule has 0 saturated heterocycles. The molecule has 0 atom stereocenters. The molecule has 4 nitrogen and oxygen atoms in total. The minimum Gasteiger partial charge on any atom is -0.490 e. The van der Waals surface area contributed by atoms with Crippen molar-refractivity contribution in [3.8, 4) is 10.8 Å². The Morgan fingerprint density at radius 2 is 2.03 bits per heavy atom. The van der Waals surface area contributed by atoms with Crippen LogP contribution in [0.4, 0.5) is 0 Å². The van der Waals surface area contributed by atoms with E-state index in [0.717, 1.165) is 39.8 Å². The van der Waals surface area contributed by atoms with Crippen LogP contribution in [-0.2, 0) is 18.7 Å². The van der Waals surface area contributed by atoms with Crippen LogP contribution in [0.15, 0.2) is 61.4 Å². The fourth-order valence-electron chi connectivity index (χ4n) is 3.47. The predicted octanol–water partition coefficient (Wildman–Crippen LogP) is 5.17. The molecule has 0 fully saturated rings. The Labute approximate surface area is 179 Å². The van der Waals surface area contributed by atoms with Crippen LogP contribution >= 0.6 is 23.1 Å². The van der Waals surface area contributed by atoms with E-state index in [1.54, 1.807) is 17.4 Å². The molecule has 6 heteroatoms. The Morgan fingerprint density at radius 1 is 1.28 bits per heavy atom. The lowest BCUT2D eigenvalue weighted by molar-refractivity contribution is 0.0784. The van der Waals surface area contributed by atoms with Crippen molar-refractivity contribution in [1.82, 2.24) is 9.47 Å². The fraction of sp³-hybridized carbons (Fsp3) is 0.261. The van der Waals surface area contributed by atoms with Gasteiger partial charge in [0.25, 0.3) is 5.91 Å². The van der Waals surface area contributed by atoms with Gasteiger partial charge in [0.1, 0.15) is 17.4 Å². The highest BCUT2D eigenvalue weighted by atomic mass is 32.2. The van der Waals surface area contributed by atoms with Gasteiger partial charge in [-0.05, 0) is 47.6 Å². The molecule has 1 amide bonds. The number of carbonyl (C=O) groups excluding carboxylic acids is 1. The molecule has 3 aromatic rings. The number of carbonyl (C=O) groups is 1. The molecule has 3 heterocycles. The average Bonchev–Trinajstić information content (AvgIpc) is 3.40. The van der Waals surface area contributed by atoms with Gasteiger partial charge in [-0.15, -0.1) is 11.3 Å². The van der Waals surface area contributed by atoms with Crippen LogP contribution in [0, 0.1) is 0 Å². The van der Waals surface area contributed by atoms with Gasteiger partial charge in [0.2, 0.25) is 0 Å². The van der Waals surface area contributed by atoms with E-state index in [1.165, 1.54) is 10.4 Å². The van der Waals surface area contributed by atoms with Crippen molar-refractivity contribution >= 4 is 29.0 Å². The summed E-state index contributed by atoms with van der Waals surface area (Å²) in [5.74, 6) is 2.97. The third-order valence-corrected chi connectivity index (χ3v) is 7.33. The summed E-state index contributed by atoms with van der Waals surface area (Å²) in [6, 6.07) is 11.9. The summed E-state index contributed by atoms with van der Waals surface area (Å²) in [5.41, 5.74) is 3.19. The Kier molecular flexibility index (Phi) is 6.11. The standard InChI is InChI=1S/C23H24N2O2S2/c1-3-13-27-18-8-6-17(7-9-18)15-24(2)22(26)21-19-10-14-28-16-20(19)29-23(21)25-11-4-5-12-25/h3-9,11-12H,1,10,13-16H2,2H3. The van der Waals surface area contributed by atoms with Gasteiger partial charge in [-0.2, -0.15) is 11.8 Å². The highest BCUT2D eigenvalue weighted by molar-refractivity contribution is 7.98. The third-order valence-electron chi connectivity index (χ3n) is 4.91. The zero-order valence-electron chi connectivity index (χ0n) is 16.5. The number of hydrogen-bond acceptors (Lipinski definition) is 4. The van der Waals surface area contributed by atoms with Crippen molar-refractivity contribution in [2.24, 2.45) is 0 Å². The number of ether oxygens (including phenoxy) is 1. The molecule has 29 heavy (non-hydrogen) atoms. The summed E-state index contributed by atoms with van der Waals surface area (Å²) in [6.07, 6.45) is 6.72. The number of benzene rings is 1. The molecule has 1 aromatic carbocycles. The summed E-state index contributed by atoms with van der Waals surface area (Å²) < 4.78 is 7.61. The van der Waals surface area contributed by atoms with E-state index in [9.17, 15) is 4.79 Å². The van der Waals surface area contributed by atoms with E-state index in [2.05, 4.69) is 11.1 Å². The first-order valence-electron chi connectivity index (χ1n) is 9.61. The second-order valence-electron chi connectivity index (χ2n) is 6.98. The predicted molar refractivity (Wildman–Crippen MR) is 121 cm³/mol. The lowest BCUT2D eigenvalue weighted by Gasteiger charge is -2.20. The minimum atomic E-state index is 0.0880. The summed E-state index contributed by atoms with van der Waals surface area (Å²) >= 11 is 3.70. The summed E-state index contributed by atoms with van der Waals surface area (Å²) in [6.45, 7) is 4.71. The Bertz CT molecular complexity index is 991. The van der Waals surface area contributed by atoms with Crippen LogP contribution in [0.2, 0.25) is 0 Å². The number of fused-ring (bicyclic) bond motifs is 1. The van der Waals surface area contributed by atoms with Gasteiger partial charge in [-0.3, -0.25) is 4.79 Å². The molecular formula is C23H24N2O2S2. The molecule has 2 aromatic heterocycles. The van der Waals surface area contributed by atoms with Crippen LogP contribution in [0.1, 0.15) is 26.4 Å². The third kappa shape index (κ3) is 4.28. The van der Waals surface area contributed by atoms with E-state index in [1.807, 2.05) is 72.5 Å². The molecular weight excluding hydrogens is 400 g/mol. The van der Waals surface area contributed by atoms with Gasteiger partial charge < -0.3 is 14.2 Å². The fourth-order valence-corrected chi connectivity index (χ4v) is 5.91. The smallest absolute Gasteiger partial charge is 0.257 e. The number of amides is 1. The van der Waals surface area contributed by atoms with Gasteiger partial charge in [-0.1, -0.05) is 24.8 Å². The molecule has 4 rings (SSSR count). The lowest BCUT2D eigenvalue weighted by Crippen LogP contribution is -2.28. The van der Waals surface area contributed by atoms with Gasteiger partial charge >= 0.3 is 0 Å². The van der Waals surface area contributed by atoms with Gasteiger partial charge in [-0.25, -0.2) is 0 Å². The first kappa shape index (κ1) is 19.9. The van der Waals surface area contributed by atoms with Crippen molar-refractivity contribution in [3.05, 3.63) is 83.0 Å². The SMILES string of the molecule is C=CCOc1ccc(CN(C)C(=O)c2c(-n3cccc3)sc3c2CCSC3)cc1. The maximum atomic E-state index is 13.5. The highest BCUT2D eigenvalue weighted by Gasteiger charge is 2.28. The quantitative estimate of drug-likeness (QED) is 0.491. The largest absolute Gasteiger partial charge is 0.490 e. The molecule has 0 unspecified atom stereocenters. The van der Waals surface area contributed by atoms with Crippen LogP contribution in [0.25, 0.3) is 5.00 Å². The van der Waals surface area contributed by atoms with E-state index in [4.69, 9.17) is 4.74 Å². The Morgan fingerprint density at radius 3 is 2.76 bits per heavy atom. The van der Waals surface area contributed by atoms with Crippen molar-refractivity contribution in [1.29, 1.82) is 0 Å². The highest BCUT2D eigenvalue weighted by Crippen LogP contribution is 2.39. The van der Waals surface area contributed by atoms with Crippen LogP contribution in [-0.4, -0.2) is 34.8 Å². The zero-order chi connectivity index (χ0) is 20.2. The molecule has 0 spiro atoms. The minimum absolute atomic E-state index is 0.0880. The van der Waals surface area contributed by atoms with Crippen molar-refractivity contribution in [2.45, 2.75) is 18.7 Å². The monoisotopic (exact) mass is 424 g/mol. The molecule has 0 bridgehead atoms. The summed E-state index contributed by atoms with van der Waals surface area (Å²) in [5, 5.41) is 1.03. The van der Waals surface area contributed by atoms with Crippen LogP contribution < -0.4 is 4.74 Å². The van der Waals surface area contributed by atoms with Crippen molar-refractivity contribution < 1.29 is 9.53 Å². The Balaban J connectivity index is 1.57. The van der Waals surface area contributed by atoms with Crippen molar-refractivity contribution in [2.75, 3.05) is 19.4 Å². The molecule has 0 N–H and O–H groups in total. The number of nitrogens with zero attached hydrogens (tertiary/aromatic N) is 2. The topological polar surface area (TPSA) is 34.5 Å². The Hall–Kier alpha value is -2.44. The number of hydrogen-bond donors (Lipinski definition) is 0. The number of thioether (sulfide) groups is 1. The number of thiophene rings is 1. The van der Waals surface area contributed by atoms with Gasteiger partial charge in [0, 0.05) is 36.6 Å². The molecule has 0 saturated carbocycles. The summed E-state index contributed by atoms with van der Waals surface area (Å²) in [7, 11) is 1.88. The van der Waals surface area contributed by atoms with E-state index in [0.29, 0.717) is 13.2 Å². The van der Waals surface area contributed by atoms with Crippen LogP contribution in [0.5, 0.6) is 5.75 Å². The van der Waals surface area contributed by atoms with E-state index >= 15 is 0 Å². The maximum absolute atomic E-state index is 13.5. The lowest BCUT2D eigenvalue weighted by atomic mass is 10.1. The first-order chi connectivity index (χ1) is 14.2. The second-order valence-corrected chi connectivity index (χ2v) is 9.17. The van der Waals surface area contributed by atoms with E-state index < -0.39 is 0 Å². The average molecular weight is 425 g/mol. The van der Waals surface area contributed by atoms with Crippen LogP contribution in [0.3, 0.4) is 0 Å². The molecule has 1 aliphatic heterocycles. The molecule has 1 aliphatic rings. The molecule has 0 aliphatic carbocycles. The molecule has 0 radical (unpaired) electrons. The number of rotatable bonds is 7. The second kappa shape index (κ2) is 8.93. The van der Waals surface area contributed by atoms with E-state index in [-0.39, 0.29) is 5.91 Å². The van der Waals surface area contributed by atoms with Gasteiger partial charge in [0.15, 0.2) is 0 Å². The maximum Gasteiger partial charge on any atom is 0.257 e. The normalized spacial score (nSPS) is 13.0.